The van der Waals surface area contributed by atoms with Crippen molar-refractivity contribution >= 4 is 16.8 Å². The maximum absolute atomic E-state index is 12.8. The molecule has 1 unspecified atom stereocenters. The number of amides is 1. The molecule has 1 heterocycles. The fourth-order valence-corrected chi connectivity index (χ4v) is 2.39. The van der Waals surface area contributed by atoms with E-state index in [9.17, 15) is 9.59 Å². The van der Waals surface area contributed by atoms with E-state index in [1.807, 2.05) is 39.8 Å². The number of nitrogens with one attached hydrogen (secondary N) is 1. The second-order valence-electron chi connectivity index (χ2n) is 6.88. The monoisotopic (exact) mass is 331 g/mol. The van der Waals surface area contributed by atoms with Gasteiger partial charge >= 0.3 is 0 Å². The first-order valence-corrected chi connectivity index (χ1v) is 8.05. The molecular weight excluding hydrogens is 306 g/mol. The Morgan fingerprint density at radius 2 is 2.00 bits per heavy atom. The number of hydrogen-bond donors (Lipinski definition) is 1. The van der Waals surface area contributed by atoms with Gasteiger partial charge in [-0.1, -0.05) is 32.9 Å². The minimum absolute atomic E-state index is 0.0873. The number of carbonyl (C=O) groups is 1. The average Bonchev–Trinajstić information content (AvgIpc) is 2.53. The number of aromatic nitrogens is 2. The molecule has 24 heavy (non-hydrogen) atoms. The van der Waals surface area contributed by atoms with Crippen LogP contribution in [0.2, 0.25) is 0 Å². The standard InChI is InChI=1S/C18H25N3O3/c1-12(19-17(23)18(2,3)4)15-20-14-9-7-6-8-13(14)16(22)21(15)10-11-24-5/h6-9,12H,10-11H2,1-5H3,(H,19,23). The van der Waals surface area contributed by atoms with E-state index in [2.05, 4.69) is 10.3 Å². The van der Waals surface area contributed by atoms with Crippen molar-refractivity contribution in [3.05, 3.63) is 40.4 Å². The Morgan fingerprint density at radius 1 is 1.33 bits per heavy atom. The number of benzene rings is 1. The molecule has 0 aliphatic rings. The van der Waals surface area contributed by atoms with Gasteiger partial charge in [-0.25, -0.2) is 4.98 Å². The summed E-state index contributed by atoms with van der Waals surface area (Å²) in [6.45, 7) is 8.16. The van der Waals surface area contributed by atoms with Gasteiger partial charge < -0.3 is 10.1 Å². The lowest BCUT2D eigenvalue weighted by Crippen LogP contribution is -2.39. The van der Waals surface area contributed by atoms with Gasteiger partial charge in [0.1, 0.15) is 5.82 Å². The summed E-state index contributed by atoms with van der Waals surface area (Å²) in [6.07, 6.45) is 0. The highest BCUT2D eigenvalue weighted by atomic mass is 16.5. The first kappa shape index (κ1) is 18.1. The van der Waals surface area contributed by atoms with E-state index in [0.29, 0.717) is 29.9 Å². The maximum Gasteiger partial charge on any atom is 0.261 e. The molecule has 6 heteroatoms. The van der Waals surface area contributed by atoms with Gasteiger partial charge in [0.2, 0.25) is 5.91 Å². The minimum atomic E-state index is -0.511. The highest BCUT2D eigenvalue weighted by Gasteiger charge is 2.25. The molecule has 1 aromatic carbocycles. The number of rotatable bonds is 5. The zero-order valence-corrected chi connectivity index (χ0v) is 14.9. The fourth-order valence-electron chi connectivity index (χ4n) is 2.39. The molecule has 1 amide bonds. The summed E-state index contributed by atoms with van der Waals surface area (Å²) in [6, 6.07) is 6.84. The molecule has 1 aromatic heterocycles. The lowest BCUT2D eigenvalue weighted by Gasteiger charge is -2.23. The fraction of sp³-hybridized carbons (Fsp3) is 0.500. The molecule has 130 valence electrons. The molecule has 0 bridgehead atoms. The highest BCUT2D eigenvalue weighted by Crippen LogP contribution is 2.18. The van der Waals surface area contributed by atoms with Gasteiger partial charge in [-0.2, -0.15) is 0 Å². The first-order valence-electron chi connectivity index (χ1n) is 8.05. The topological polar surface area (TPSA) is 73.2 Å². The number of ether oxygens (including phenoxy) is 1. The van der Waals surface area contributed by atoms with Gasteiger partial charge in [-0.05, 0) is 19.1 Å². The predicted octanol–water partition coefficient (Wildman–Crippen LogP) is 2.27. The molecular formula is C18H25N3O3. The third-order valence-electron chi connectivity index (χ3n) is 3.83. The molecule has 0 aliphatic carbocycles. The molecule has 6 nitrogen and oxygen atoms in total. The molecule has 1 N–H and O–H groups in total. The van der Waals surface area contributed by atoms with Crippen LogP contribution in [0, 0.1) is 5.41 Å². The van der Waals surface area contributed by atoms with Crippen molar-refractivity contribution in [1.82, 2.24) is 14.9 Å². The van der Waals surface area contributed by atoms with Crippen molar-refractivity contribution in [2.24, 2.45) is 5.41 Å². The highest BCUT2D eigenvalue weighted by molar-refractivity contribution is 5.82. The summed E-state index contributed by atoms with van der Waals surface area (Å²) in [5.74, 6) is 0.448. The second kappa shape index (κ2) is 7.13. The number of nitrogens with zero attached hydrogens (tertiary/aromatic N) is 2. The van der Waals surface area contributed by atoms with Gasteiger partial charge in [0.05, 0.1) is 30.1 Å². The van der Waals surface area contributed by atoms with Crippen molar-refractivity contribution in [2.75, 3.05) is 13.7 Å². The zero-order chi connectivity index (χ0) is 17.9. The number of fused-ring (bicyclic) bond motifs is 1. The van der Waals surface area contributed by atoms with Crippen molar-refractivity contribution in [1.29, 1.82) is 0 Å². The van der Waals surface area contributed by atoms with Gasteiger partial charge in [0.25, 0.3) is 5.56 Å². The smallest absolute Gasteiger partial charge is 0.261 e. The van der Waals surface area contributed by atoms with E-state index >= 15 is 0 Å². The summed E-state index contributed by atoms with van der Waals surface area (Å²) in [5.41, 5.74) is -0.00417. The normalized spacial score (nSPS) is 13.0. The molecule has 0 aliphatic heterocycles. The van der Waals surface area contributed by atoms with E-state index in [0.717, 1.165) is 0 Å². The van der Waals surface area contributed by atoms with E-state index in [1.54, 1.807) is 23.8 Å². The number of para-hydroxylation sites is 1. The molecule has 0 fully saturated rings. The lowest BCUT2D eigenvalue weighted by atomic mass is 9.95. The van der Waals surface area contributed by atoms with Crippen LogP contribution in [0.5, 0.6) is 0 Å². The predicted molar refractivity (Wildman–Crippen MR) is 93.9 cm³/mol. The molecule has 2 aromatic rings. The van der Waals surface area contributed by atoms with E-state index in [-0.39, 0.29) is 17.5 Å². The average molecular weight is 331 g/mol. The van der Waals surface area contributed by atoms with Crippen LogP contribution in [0.4, 0.5) is 0 Å². The van der Waals surface area contributed by atoms with Crippen LogP contribution in [0.25, 0.3) is 10.9 Å². The zero-order valence-electron chi connectivity index (χ0n) is 14.9. The van der Waals surface area contributed by atoms with Crippen LogP contribution >= 0.6 is 0 Å². The Balaban J connectivity index is 2.50. The second-order valence-corrected chi connectivity index (χ2v) is 6.88. The molecule has 2 rings (SSSR count). The van der Waals surface area contributed by atoms with Crippen LogP contribution in [0.3, 0.4) is 0 Å². The van der Waals surface area contributed by atoms with Crippen LogP contribution < -0.4 is 10.9 Å². The minimum Gasteiger partial charge on any atom is -0.383 e. The van der Waals surface area contributed by atoms with E-state index in [4.69, 9.17) is 4.74 Å². The Kier molecular flexibility index (Phi) is 5.39. The largest absolute Gasteiger partial charge is 0.383 e. The SMILES string of the molecule is COCCn1c(C(C)NC(=O)C(C)(C)C)nc2ccccc2c1=O. The van der Waals surface area contributed by atoms with Crippen molar-refractivity contribution in [2.45, 2.75) is 40.3 Å². The molecule has 0 spiro atoms. The van der Waals surface area contributed by atoms with E-state index in [1.165, 1.54) is 0 Å². The van der Waals surface area contributed by atoms with E-state index < -0.39 is 5.41 Å². The quantitative estimate of drug-likeness (QED) is 0.912. The summed E-state index contributed by atoms with van der Waals surface area (Å²) in [5, 5.41) is 3.50. The van der Waals surface area contributed by atoms with Gasteiger partial charge in [-0.15, -0.1) is 0 Å². The third kappa shape index (κ3) is 3.82. The summed E-state index contributed by atoms with van der Waals surface area (Å²) in [7, 11) is 1.59. The summed E-state index contributed by atoms with van der Waals surface area (Å²) < 4.78 is 6.69. The van der Waals surface area contributed by atoms with Crippen LogP contribution in [0.1, 0.15) is 39.6 Å². The van der Waals surface area contributed by atoms with Crippen LogP contribution in [-0.2, 0) is 16.1 Å². The molecule has 1 atom stereocenters. The summed E-state index contributed by atoms with van der Waals surface area (Å²) >= 11 is 0. The third-order valence-corrected chi connectivity index (χ3v) is 3.83. The van der Waals surface area contributed by atoms with Crippen LogP contribution in [0.15, 0.2) is 29.1 Å². The summed E-state index contributed by atoms with van der Waals surface area (Å²) in [4.78, 5) is 29.7. The van der Waals surface area contributed by atoms with Gasteiger partial charge in [0.15, 0.2) is 0 Å². The van der Waals surface area contributed by atoms with Gasteiger partial charge in [-0.3, -0.25) is 14.2 Å². The van der Waals surface area contributed by atoms with Gasteiger partial charge in [0, 0.05) is 12.5 Å². The molecule has 0 saturated heterocycles. The number of methoxy groups -OCH3 is 1. The molecule has 0 radical (unpaired) electrons. The van der Waals surface area contributed by atoms with Crippen molar-refractivity contribution in [3.8, 4) is 0 Å². The Bertz CT molecular complexity index is 790. The molecule has 0 saturated carbocycles. The lowest BCUT2D eigenvalue weighted by molar-refractivity contribution is -0.129. The Hall–Kier alpha value is -2.21. The first-order chi connectivity index (χ1) is 11.3. The Morgan fingerprint density at radius 3 is 2.62 bits per heavy atom. The number of hydrogen-bond acceptors (Lipinski definition) is 4. The van der Waals surface area contributed by atoms with Crippen molar-refractivity contribution < 1.29 is 9.53 Å². The van der Waals surface area contributed by atoms with Crippen molar-refractivity contribution in [3.63, 3.8) is 0 Å². The number of carbonyl (C=O) groups excluding carboxylic acids is 1. The van der Waals surface area contributed by atoms with Crippen LogP contribution in [-0.4, -0.2) is 29.2 Å². The maximum atomic E-state index is 12.8. The Labute approximate surface area is 141 Å².